The van der Waals surface area contributed by atoms with E-state index < -0.39 is 10.8 Å². The molecule has 0 aliphatic carbocycles. The molecule has 0 radical (unpaired) electrons. The molecule has 6 nitrogen and oxygen atoms in total. The van der Waals surface area contributed by atoms with Crippen molar-refractivity contribution in [1.29, 1.82) is 5.26 Å². The average Bonchev–Trinajstić information content (AvgIpc) is 2.23. The van der Waals surface area contributed by atoms with Gasteiger partial charge in [0, 0.05) is 10.0 Å². The summed E-state index contributed by atoms with van der Waals surface area (Å²) in [7, 11) is 0. The molecule has 0 spiro atoms. The Hall–Kier alpha value is -1.46. The lowest BCUT2D eigenvalue weighted by Crippen LogP contribution is -2.12. The number of hydrogen-bond donors (Lipinski definition) is 1. The van der Waals surface area contributed by atoms with Gasteiger partial charge in [0.05, 0.1) is 16.7 Å². The molecule has 1 N–H and O–H groups in total. The van der Waals surface area contributed by atoms with Crippen LogP contribution in [0.3, 0.4) is 0 Å². The van der Waals surface area contributed by atoms with E-state index in [1.165, 1.54) is 6.07 Å². The van der Waals surface area contributed by atoms with Crippen molar-refractivity contribution >= 4 is 49.1 Å². The summed E-state index contributed by atoms with van der Waals surface area (Å²) in [6.45, 7) is 1.59. The number of nitro benzene ring substituents is 1. The highest BCUT2D eigenvalue weighted by molar-refractivity contribution is 9.11. The van der Waals surface area contributed by atoms with Crippen molar-refractivity contribution in [3.8, 4) is 6.07 Å². The molecule has 8 heteroatoms. The average molecular weight is 377 g/mol. The number of nitrogens with one attached hydrogen (secondary N) is 1. The Morgan fingerprint density at radius 1 is 1.61 bits per heavy atom. The second-order valence-electron chi connectivity index (χ2n) is 3.35. The number of amides is 1. The lowest BCUT2D eigenvalue weighted by atomic mass is 10.2. The molecule has 1 aromatic carbocycles. The van der Waals surface area contributed by atoms with Crippen molar-refractivity contribution < 1.29 is 9.72 Å². The largest absolute Gasteiger partial charge is 0.323 e. The van der Waals surface area contributed by atoms with Crippen LogP contribution in [0.15, 0.2) is 15.0 Å². The minimum atomic E-state index is -0.536. The van der Waals surface area contributed by atoms with Gasteiger partial charge in [0.2, 0.25) is 5.91 Å². The number of benzene rings is 1. The van der Waals surface area contributed by atoms with Crippen LogP contribution >= 0.6 is 31.9 Å². The SMILES string of the molecule is Cc1cc(Br)c(NC(=O)CC#N)c(Br)c1[N+](=O)[O-]. The van der Waals surface area contributed by atoms with Crippen molar-refractivity contribution in [3.05, 3.63) is 30.7 Å². The topological polar surface area (TPSA) is 96.0 Å². The van der Waals surface area contributed by atoms with Gasteiger partial charge in [0.1, 0.15) is 10.9 Å². The molecule has 1 rings (SSSR count). The zero-order valence-corrected chi connectivity index (χ0v) is 12.3. The van der Waals surface area contributed by atoms with E-state index in [2.05, 4.69) is 37.2 Å². The molecular weight excluding hydrogens is 370 g/mol. The Kier molecular flexibility index (Phi) is 4.81. The first-order valence-electron chi connectivity index (χ1n) is 4.68. The number of anilines is 1. The standard InChI is InChI=1S/C10H7Br2N3O3/c1-5-4-6(11)9(14-7(16)2-3-13)8(12)10(5)15(17)18/h4H,2H2,1H3,(H,14,16). The van der Waals surface area contributed by atoms with E-state index in [-0.39, 0.29) is 22.3 Å². The first kappa shape index (κ1) is 14.6. The second-order valence-corrected chi connectivity index (χ2v) is 5.00. The Morgan fingerprint density at radius 3 is 2.72 bits per heavy atom. The third-order valence-electron chi connectivity index (χ3n) is 2.07. The van der Waals surface area contributed by atoms with E-state index in [0.717, 1.165) is 0 Å². The van der Waals surface area contributed by atoms with E-state index in [0.29, 0.717) is 10.0 Å². The molecule has 0 aliphatic heterocycles. The molecule has 1 aromatic rings. The fourth-order valence-corrected chi connectivity index (χ4v) is 3.00. The summed E-state index contributed by atoms with van der Waals surface area (Å²) in [6, 6.07) is 3.23. The van der Waals surface area contributed by atoms with Crippen molar-refractivity contribution in [2.24, 2.45) is 0 Å². The molecule has 18 heavy (non-hydrogen) atoms. The number of carbonyl (C=O) groups excluding carboxylic acids is 1. The van der Waals surface area contributed by atoms with Gasteiger partial charge < -0.3 is 5.32 Å². The van der Waals surface area contributed by atoms with Crippen LogP contribution in [0, 0.1) is 28.4 Å². The predicted molar refractivity (Wildman–Crippen MR) is 72.1 cm³/mol. The third kappa shape index (κ3) is 3.05. The summed E-state index contributed by atoms with van der Waals surface area (Å²) in [5.74, 6) is -0.531. The van der Waals surface area contributed by atoms with Crippen LogP contribution < -0.4 is 5.32 Å². The Bertz CT molecular complexity index is 566. The molecule has 0 aromatic heterocycles. The van der Waals surface area contributed by atoms with Crippen LogP contribution in [0.2, 0.25) is 0 Å². The van der Waals surface area contributed by atoms with Crippen molar-refractivity contribution in [3.63, 3.8) is 0 Å². The maximum absolute atomic E-state index is 11.3. The van der Waals surface area contributed by atoms with Gasteiger partial charge in [0.25, 0.3) is 5.69 Å². The second kappa shape index (κ2) is 5.93. The smallest absolute Gasteiger partial charge is 0.288 e. The first-order chi connectivity index (χ1) is 8.38. The molecule has 0 saturated carbocycles. The van der Waals surface area contributed by atoms with E-state index in [1.54, 1.807) is 13.0 Å². The summed E-state index contributed by atoms with van der Waals surface area (Å²) in [5, 5.41) is 21.8. The Labute approximate surface area is 119 Å². The zero-order chi connectivity index (χ0) is 13.9. The molecule has 0 saturated heterocycles. The molecule has 94 valence electrons. The van der Waals surface area contributed by atoms with Crippen LogP contribution in [0.25, 0.3) is 0 Å². The highest BCUT2D eigenvalue weighted by Crippen LogP contribution is 2.40. The quantitative estimate of drug-likeness (QED) is 0.646. The van der Waals surface area contributed by atoms with Crippen LogP contribution in [0.5, 0.6) is 0 Å². The van der Waals surface area contributed by atoms with Crippen LogP contribution in [0.4, 0.5) is 11.4 Å². The monoisotopic (exact) mass is 375 g/mol. The number of nitro groups is 1. The fourth-order valence-electron chi connectivity index (χ4n) is 1.32. The lowest BCUT2D eigenvalue weighted by Gasteiger charge is -2.10. The van der Waals surface area contributed by atoms with Gasteiger partial charge in [-0.2, -0.15) is 5.26 Å². The number of rotatable bonds is 3. The van der Waals surface area contributed by atoms with Gasteiger partial charge in [-0.05, 0) is 44.8 Å². The number of halogens is 2. The highest BCUT2D eigenvalue weighted by atomic mass is 79.9. The molecule has 0 atom stereocenters. The molecular formula is C10H7Br2N3O3. The van der Waals surface area contributed by atoms with Gasteiger partial charge in [-0.3, -0.25) is 14.9 Å². The number of aryl methyl sites for hydroxylation is 1. The van der Waals surface area contributed by atoms with Crippen LogP contribution in [0.1, 0.15) is 12.0 Å². The van der Waals surface area contributed by atoms with Gasteiger partial charge in [-0.25, -0.2) is 0 Å². The Balaban J connectivity index is 3.29. The molecule has 0 fully saturated rings. The summed E-state index contributed by atoms with van der Waals surface area (Å²) >= 11 is 6.30. The van der Waals surface area contributed by atoms with Crippen molar-refractivity contribution in [2.45, 2.75) is 13.3 Å². The summed E-state index contributed by atoms with van der Waals surface area (Å²) in [4.78, 5) is 21.7. The third-order valence-corrected chi connectivity index (χ3v) is 3.47. The maximum Gasteiger partial charge on any atom is 0.288 e. The van der Waals surface area contributed by atoms with E-state index in [9.17, 15) is 14.9 Å². The zero-order valence-electron chi connectivity index (χ0n) is 9.16. The number of carbonyl (C=O) groups is 1. The molecule has 0 unspecified atom stereocenters. The summed E-state index contributed by atoms with van der Waals surface area (Å²) in [6.07, 6.45) is -0.319. The maximum atomic E-state index is 11.3. The molecule has 1 amide bonds. The summed E-state index contributed by atoms with van der Waals surface area (Å²) < 4.78 is 0.675. The first-order valence-corrected chi connectivity index (χ1v) is 6.26. The number of nitrogens with zero attached hydrogens (tertiary/aromatic N) is 2. The lowest BCUT2D eigenvalue weighted by molar-refractivity contribution is -0.386. The number of hydrogen-bond acceptors (Lipinski definition) is 4. The van der Waals surface area contributed by atoms with E-state index >= 15 is 0 Å². The normalized spacial score (nSPS) is 9.67. The van der Waals surface area contributed by atoms with Gasteiger partial charge in [-0.15, -0.1) is 0 Å². The summed E-state index contributed by atoms with van der Waals surface area (Å²) in [5.41, 5.74) is 0.579. The Morgan fingerprint density at radius 2 is 2.22 bits per heavy atom. The van der Waals surface area contributed by atoms with Gasteiger partial charge in [0.15, 0.2) is 0 Å². The van der Waals surface area contributed by atoms with Crippen LogP contribution in [-0.4, -0.2) is 10.8 Å². The minimum absolute atomic E-state index is 0.120. The molecule has 0 aliphatic rings. The van der Waals surface area contributed by atoms with Crippen molar-refractivity contribution in [2.75, 3.05) is 5.32 Å². The van der Waals surface area contributed by atoms with Gasteiger partial charge in [-0.1, -0.05) is 0 Å². The minimum Gasteiger partial charge on any atom is -0.323 e. The van der Waals surface area contributed by atoms with Crippen molar-refractivity contribution in [1.82, 2.24) is 0 Å². The highest BCUT2D eigenvalue weighted by Gasteiger charge is 2.22. The van der Waals surface area contributed by atoms with E-state index in [4.69, 9.17) is 5.26 Å². The molecule has 0 heterocycles. The van der Waals surface area contributed by atoms with E-state index in [1.807, 2.05) is 0 Å². The predicted octanol–water partition coefficient (Wildman–Crippen LogP) is 3.28. The van der Waals surface area contributed by atoms with Crippen LogP contribution in [-0.2, 0) is 4.79 Å². The fraction of sp³-hybridized carbons (Fsp3) is 0.200. The number of nitriles is 1. The molecule has 0 bridgehead atoms. The van der Waals surface area contributed by atoms with Gasteiger partial charge >= 0.3 is 0 Å².